The van der Waals surface area contributed by atoms with E-state index < -0.39 is 5.97 Å². The van der Waals surface area contributed by atoms with Crippen LogP contribution in [0, 0.1) is 0 Å². The fourth-order valence-corrected chi connectivity index (χ4v) is 3.09. The van der Waals surface area contributed by atoms with Gasteiger partial charge in [-0.15, -0.1) is 11.3 Å². The number of hydrogen-bond donors (Lipinski definition) is 1. The molecule has 0 aliphatic carbocycles. The molecule has 2 aromatic heterocycles. The number of carboxylic acids is 1. The average Bonchev–Trinajstić information content (AvgIpc) is 2.89. The zero-order chi connectivity index (χ0) is 12.1. The number of carbonyl (C=O) groups is 1. The maximum Gasteiger partial charge on any atom is 0.309 e. The SMILES string of the molecule is O=C(O)Cc1csc(SCCn2cccn2)n1. The summed E-state index contributed by atoms with van der Waals surface area (Å²) in [6.45, 7) is 0.825. The Hall–Kier alpha value is -1.34. The van der Waals surface area contributed by atoms with Crippen molar-refractivity contribution < 1.29 is 9.90 Å². The van der Waals surface area contributed by atoms with E-state index >= 15 is 0 Å². The van der Waals surface area contributed by atoms with Crippen molar-refractivity contribution in [3.05, 3.63) is 29.5 Å². The summed E-state index contributed by atoms with van der Waals surface area (Å²) < 4.78 is 2.77. The van der Waals surface area contributed by atoms with Crippen LogP contribution < -0.4 is 0 Å². The van der Waals surface area contributed by atoms with E-state index in [1.54, 1.807) is 23.3 Å². The molecule has 0 fully saturated rings. The highest BCUT2D eigenvalue weighted by atomic mass is 32.2. The van der Waals surface area contributed by atoms with Crippen molar-refractivity contribution in [3.63, 3.8) is 0 Å². The standard InChI is InChI=1S/C10H11N3O2S2/c14-9(15)6-8-7-17-10(12-8)16-5-4-13-3-1-2-11-13/h1-3,7H,4-6H2,(H,14,15). The van der Waals surface area contributed by atoms with Gasteiger partial charge in [-0.3, -0.25) is 9.48 Å². The van der Waals surface area contributed by atoms with Crippen molar-refractivity contribution in [1.29, 1.82) is 0 Å². The molecule has 1 N–H and O–H groups in total. The van der Waals surface area contributed by atoms with Crippen LogP contribution in [-0.4, -0.2) is 31.6 Å². The first-order valence-electron chi connectivity index (χ1n) is 5.00. The largest absolute Gasteiger partial charge is 0.481 e. The molecular formula is C10H11N3O2S2. The van der Waals surface area contributed by atoms with E-state index in [0.29, 0.717) is 5.69 Å². The fraction of sp³-hybridized carbons (Fsp3) is 0.300. The molecule has 2 rings (SSSR count). The van der Waals surface area contributed by atoms with Crippen LogP contribution in [-0.2, 0) is 17.8 Å². The number of nitrogens with zero attached hydrogens (tertiary/aromatic N) is 3. The average molecular weight is 269 g/mol. The zero-order valence-electron chi connectivity index (χ0n) is 8.94. The number of carboxylic acid groups (broad SMARTS) is 1. The lowest BCUT2D eigenvalue weighted by Crippen LogP contribution is -2.01. The molecule has 0 atom stereocenters. The molecule has 2 heterocycles. The third-order valence-electron chi connectivity index (χ3n) is 1.97. The van der Waals surface area contributed by atoms with E-state index in [1.807, 2.05) is 16.9 Å². The van der Waals surface area contributed by atoms with Gasteiger partial charge in [0.25, 0.3) is 0 Å². The Bertz CT molecular complexity index is 481. The quantitative estimate of drug-likeness (QED) is 0.809. The van der Waals surface area contributed by atoms with Crippen LogP contribution >= 0.6 is 23.1 Å². The number of rotatable bonds is 6. The number of hydrogen-bond acceptors (Lipinski definition) is 5. The molecule has 5 nitrogen and oxygen atoms in total. The minimum Gasteiger partial charge on any atom is -0.481 e. The fourth-order valence-electron chi connectivity index (χ4n) is 1.25. The smallest absolute Gasteiger partial charge is 0.309 e. The Morgan fingerprint density at radius 1 is 1.59 bits per heavy atom. The lowest BCUT2D eigenvalue weighted by atomic mass is 10.3. The first-order valence-corrected chi connectivity index (χ1v) is 6.87. The van der Waals surface area contributed by atoms with E-state index in [2.05, 4.69) is 10.1 Å². The van der Waals surface area contributed by atoms with E-state index in [-0.39, 0.29) is 6.42 Å². The predicted octanol–water partition coefficient (Wildman–Crippen LogP) is 1.76. The first kappa shape index (κ1) is 12.1. The van der Waals surface area contributed by atoms with Crippen molar-refractivity contribution in [2.45, 2.75) is 17.3 Å². The summed E-state index contributed by atoms with van der Waals surface area (Å²) in [5, 5.41) is 14.5. The minimum atomic E-state index is -0.844. The van der Waals surface area contributed by atoms with Gasteiger partial charge in [0.1, 0.15) is 4.34 Å². The van der Waals surface area contributed by atoms with Crippen LogP contribution in [0.5, 0.6) is 0 Å². The Morgan fingerprint density at radius 2 is 2.47 bits per heavy atom. The van der Waals surface area contributed by atoms with Crippen molar-refractivity contribution >= 4 is 29.1 Å². The third kappa shape index (κ3) is 3.86. The van der Waals surface area contributed by atoms with Crippen molar-refractivity contribution in [2.24, 2.45) is 0 Å². The summed E-state index contributed by atoms with van der Waals surface area (Å²) in [6.07, 6.45) is 3.66. The maximum atomic E-state index is 10.5. The van der Waals surface area contributed by atoms with Crippen LogP contribution in [0.15, 0.2) is 28.2 Å². The highest BCUT2D eigenvalue weighted by Gasteiger charge is 2.06. The second kappa shape index (κ2) is 5.83. The normalized spacial score (nSPS) is 10.6. The molecule has 0 saturated carbocycles. The van der Waals surface area contributed by atoms with Crippen molar-refractivity contribution in [3.8, 4) is 0 Å². The molecule has 17 heavy (non-hydrogen) atoms. The van der Waals surface area contributed by atoms with Gasteiger partial charge in [0.2, 0.25) is 0 Å². The van der Waals surface area contributed by atoms with Gasteiger partial charge in [0.15, 0.2) is 0 Å². The van der Waals surface area contributed by atoms with Crippen LogP contribution in [0.2, 0.25) is 0 Å². The van der Waals surface area contributed by atoms with E-state index in [1.165, 1.54) is 11.3 Å². The number of thiazole rings is 1. The van der Waals surface area contributed by atoms with Gasteiger partial charge in [0, 0.05) is 23.5 Å². The number of aliphatic carboxylic acids is 1. The summed E-state index contributed by atoms with van der Waals surface area (Å²) in [6, 6.07) is 1.89. The van der Waals surface area contributed by atoms with Crippen molar-refractivity contribution in [2.75, 3.05) is 5.75 Å². The molecule has 0 aromatic carbocycles. The number of thioether (sulfide) groups is 1. The Morgan fingerprint density at radius 3 is 3.18 bits per heavy atom. The lowest BCUT2D eigenvalue weighted by molar-refractivity contribution is -0.136. The molecule has 0 bridgehead atoms. The maximum absolute atomic E-state index is 10.5. The molecule has 0 aliphatic rings. The molecular weight excluding hydrogens is 258 g/mol. The van der Waals surface area contributed by atoms with E-state index in [9.17, 15) is 4.79 Å². The van der Waals surface area contributed by atoms with Gasteiger partial charge in [-0.1, -0.05) is 11.8 Å². The zero-order valence-corrected chi connectivity index (χ0v) is 10.6. The second-order valence-corrected chi connectivity index (χ2v) is 5.49. The third-order valence-corrected chi connectivity index (χ3v) is 4.02. The Balaban J connectivity index is 1.79. The molecule has 0 unspecified atom stereocenters. The second-order valence-electron chi connectivity index (χ2n) is 3.29. The van der Waals surface area contributed by atoms with Gasteiger partial charge >= 0.3 is 5.97 Å². The molecule has 0 saturated heterocycles. The van der Waals surface area contributed by atoms with Crippen LogP contribution in [0.4, 0.5) is 0 Å². The van der Waals surface area contributed by atoms with Gasteiger partial charge in [-0.05, 0) is 6.07 Å². The summed E-state index contributed by atoms with van der Waals surface area (Å²) in [4.78, 5) is 14.7. The Kier molecular flexibility index (Phi) is 4.16. The molecule has 2 aromatic rings. The highest BCUT2D eigenvalue weighted by molar-refractivity contribution is 8.00. The molecule has 90 valence electrons. The van der Waals surface area contributed by atoms with E-state index in [4.69, 9.17) is 5.11 Å². The highest BCUT2D eigenvalue weighted by Crippen LogP contribution is 2.22. The lowest BCUT2D eigenvalue weighted by Gasteiger charge is -1.98. The molecule has 0 radical (unpaired) electrons. The molecule has 0 amide bonds. The predicted molar refractivity (Wildman–Crippen MR) is 66.4 cm³/mol. The van der Waals surface area contributed by atoms with Gasteiger partial charge < -0.3 is 5.11 Å². The van der Waals surface area contributed by atoms with Crippen molar-refractivity contribution in [1.82, 2.24) is 14.8 Å². The number of aromatic nitrogens is 3. The summed E-state index contributed by atoms with van der Waals surface area (Å²) >= 11 is 3.11. The topological polar surface area (TPSA) is 68.0 Å². The van der Waals surface area contributed by atoms with E-state index in [0.717, 1.165) is 16.6 Å². The van der Waals surface area contributed by atoms with Gasteiger partial charge in [-0.25, -0.2) is 4.98 Å². The van der Waals surface area contributed by atoms with Crippen LogP contribution in [0.1, 0.15) is 5.69 Å². The summed E-state index contributed by atoms with van der Waals surface area (Å²) in [7, 11) is 0. The van der Waals surface area contributed by atoms with Gasteiger partial charge in [-0.2, -0.15) is 5.10 Å². The molecule has 0 spiro atoms. The van der Waals surface area contributed by atoms with Crippen LogP contribution in [0.25, 0.3) is 0 Å². The molecule has 0 aliphatic heterocycles. The Labute approximate surface area is 106 Å². The minimum absolute atomic E-state index is 0.00375. The molecule has 7 heteroatoms. The van der Waals surface area contributed by atoms with Gasteiger partial charge in [0.05, 0.1) is 18.7 Å². The summed E-state index contributed by atoms with van der Waals surface area (Å²) in [5.74, 6) is 0.0326. The summed E-state index contributed by atoms with van der Waals surface area (Å²) in [5.41, 5.74) is 0.629. The first-order chi connectivity index (χ1) is 8.24. The monoisotopic (exact) mass is 269 g/mol. The van der Waals surface area contributed by atoms with Crippen LogP contribution in [0.3, 0.4) is 0 Å². The number of aryl methyl sites for hydroxylation is 1.